The zero-order valence-corrected chi connectivity index (χ0v) is 10.1. The number of ether oxygens (including phenoxy) is 2. The third-order valence-electron chi connectivity index (χ3n) is 3.39. The van der Waals surface area contributed by atoms with Crippen molar-refractivity contribution in [2.75, 3.05) is 32.8 Å². The van der Waals surface area contributed by atoms with Crippen LogP contribution in [0.15, 0.2) is 0 Å². The fourth-order valence-electron chi connectivity index (χ4n) is 2.45. The van der Waals surface area contributed by atoms with Gasteiger partial charge in [0.25, 0.3) is 0 Å². The number of hydrogen-bond donors (Lipinski definition) is 1. The lowest BCUT2D eigenvalue weighted by atomic mass is 10.1. The monoisotopic (exact) mass is 228 g/mol. The molecule has 4 heteroatoms. The Hall–Kier alpha value is -0.160. The minimum absolute atomic E-state index is 0.0483. The standard InChI is InChI=1S/C12H24N2O2/c13-11-4-3-6-14(10-11)7-9-16-12-5-1-2-8-15-12/h11-12H,1-10,13H2. The molecular formula is C12H24N2O2. The third kappa shape index (κ3) is 4.01. The van der Waals surface area contributed by atoms with Gasteiger partial charge in [0.05, 0.1) is 6.61 Å². The van der Waals surface area contributed by atoms with E-state index in [1.54, 1.807) is 0 Å². The summed E-state index contributed by atoms with van der Waals surface area (Å²) in [6.45, 7) is 4.82. The highest BCUT2D eigenvalue weighted by molar-refractivity contribution is 4.74. The number of nitrogens with zero attached hydrogens (tertiary/aromatic N) is 1. The molecule has 0 aromatic rings. The highest BCUT2D eigenvalue weighted by Crippen LogP contribution is 2.14. The second-order valence-corrected chi connectivity index (χ2v) is 4.87. The fraction of sp³-hybridized carbons (Fsp3) is 1.00. The Bertz CT molecular complexity index is 195. The Morgan fingerprint density at radius 2 is 2.19 bits per heavy atom. The predicted octanol–water partition coefficient (Wildman–Crippen LogP) is 0.953. The lowest BCUT2D eigenvalue weighted by Crippen LogP contribution is -2.44. The summed E-state index contributed by atoms with van der Waals surface area (Å²) < 4.78 is 11.2. The molecule has 2 heterocycles. The van der Waals surface area contributed by atoms with Crippen molar-refractivity contribution in [3.8, 4) is 0 Å². The first-order valence-electron chi connectivity index (χ1n) is 6.56. The average Bonchev–Trinajstić information content (AvgIpc) is 2.30. The molecular weight excluding hydrogens is 204 g/mol. The molecule has 0 aromatic carbocycles. The van der Waals surface area contributed by atoms with Crippen LogP contribution >= 0.6 is 0 Å². The summed E-state index contributed by atoms with van der Waals surface area (Å²) in [4.78, 5) is 2.40. The van der Waals surface area contributed by atoms with Gasteiger partial charge in [-0.3, -0.25) is 4.90 Å². The fourth-order valence-corrected chi connectivity index (χ4v) is 2.45. The molecule has 0 aliphatic carbocycles. The normalized spacial score (nSPS) is 32.8. The molecule has 2 fully saturated rings. The molecule has 2 N–H and O–H groups in total. The summed E-state index contributed by atoms with van der Waals surface area (Å²) in [5, 5.41) is 0. The SMILES string of the molecule is NC1CCCN(CCOC2CCCCO2)C1. The van der Waals surface area contributed by atoms with Gasteiger partial charge in [0.15, 0.2) is 6.29 Å². The van der Waals surface area contributed by atoms with Gasteiger partial charge in [-0.2, -0.15) is 0 Å². The van der Waals surface area contributed by atoms with Crippen LogP contribution in [0.4, 0.5) is 0 Å². The van der Waals surface area contributed by atoms with E-state index in [1.165, 1.54) is 32.2 Å². The topological polar surface area (TPSA) is 47.7 Å². The molecule has 2 saturated heterocycles. The smallest absolute Gasteiger partial charge is 0.157 e. The van der Waals surface area contributed by atoms with Gasteiger partial charge in [0, 0.05) is 25.7 Å². The van der Waals surface area contributed by atoms with Crippen molar-refractivity contribution < 1.29 is 9.47 Å². The molecule has 2 aliphatic rings. The summed E-state index contributed by atoms with van der Waals surface area (Å²) >= 11 is 0. The maximum atomic E-state index is 5.93. The Kier molecular flexibility index (Phi) is 5.03. The summed E-state index contributed by atoms with van der Waals surface area (Å²) in [5.74, 6) is 0. The number of hydrogen-bond acceptors (Lipinski definition) is 4. The van der Waals surface area contributed by atoms with Crippen molar-refractivity contribution in [2.24, 2.45) is 5.73 Å². The van der Waals surface area contributed by atoms with E-state index in [0.29, 0.717) is 6.04 Å². The molecule has 0 bridgehead atoms. The van der Waals surface area contributed by atoms with Crippen LogP contribution < -0.4 is 5.73 Å². The molecule has 0 radical (unpaired) electrons. The average molecular weight is 228 g/mol. The number of likely N-dealkylation sites (tertiary alicyclic amines) is 1. The van der Waals surface area contributed by atoms with E-state index in [9.17, 15) is 0 Å². The van der Waals surface area contributed by atoms with E-state index >= 15 is 0 Å². The van der Waals surface area contributed by atoms with Crippen LogP contribution in [0.2, 0.25) is 0 Å². The molecule has 0 spiro atoms. The molecule has 2 rings (SSSR count). The lowest BCUT2D eigenvalue weighted by Gasteiger charge is -2.31. The molecule has 16 heavy (non-hydrogen) atoms. The summed E-state index contributed by atoms with van der Waals surface area (Å²) in [5.41, 5.74) is 5.93. The molecule has 0 saturated carbocycles. The maximum absolute atomic E-state index is 5.93. The summed E-state index contributed by atoms with van der Waals surface area (Å²) in [6.07, 6.45) is 5.91. The van der Waals surface area contributed by atoms with Crippen LogP contribution in [0, 0.1) is 0 Å². The molecule has 0 aromatic heterocycles. The van der Waals surface area contributed by atoms with Gasteiger partial charge in [-0.05, 0) is 38.6 Å². The van der Waals surface area contributed by atoms with Crippen molar-refractivity contribution in [2.45, 2.75) is 44.4 Å². The minimum atomic E-state index is 0.0483. The van der Waals surface area contributed by atoms with Crippen LogP contribution in [-0.4, -0.2) is 50.1 Å². The highest BCUT2D eigenvalue weighted by Gasteiger charge is 2.18. The third-order valence-corrected chi connectivity index (χ3v) is 3.39. The van der Waals surface area contributed by atoms with Crippen molar-refractivity contribution in [1.82, 2.24) is 4.90 Å². The van der Waals surface area contributed by atoms with E-state index < -0.39 is 0 Å². The first kappa shape index (κ1) is 12.3. The summed E-state index contributed by atoms with van der Waals surface area (Å²) in [7, 11) is 0. The van der Waals surface area contributed by atoms with Gasteiger partial charge < -0.3 is 15.2 Å². The molecule has 2 aliphatic heterocycles. The van der Waals surface area contributed by atoms with Gasteiger partial charge in [-0.25, -0.2) is 0 Å². The first-order chi connectivity index (χ1) is 7.84. The van der Waals surface area contributed by atoms with Crippen molar-refractivity contribution >= 4 is 0 Å². The van der Waals surface area contributed by atoms with E-state index in [1.807, 2.05) is 0 Å². The van der Waals surface area contributed by atoms with Gasteiger partial charge in [0.1, 0.15) is 0 Å². The number of piperidine rings is 1. The van der Waals surface area contributed by atoms with Gasteiger partial charge in [-0.1, -0.05) is 0 Å². The van der Waals surface area contributed by atoms with E-state index in [-0.39, 0.29) is 6.29 Å². The Balaban J connectivity index is 1.56. The zero-order chi connectivity index (χ0) is 11.2. The maximum Gasteiger partial charge on any atom is 0.157 e. The Labute approximate surface area is 98.1 Å². The molecule has 94 valence electrons. The van der Waals surface area contributed by atoms with E-state index in [0.717, 1.165) is 32.7 Å². The van der Waals surface area contributed by atoms with E-state index in [4.69, 9.17) is 15.2 Å². The Morgan fingerprint density at radius 3 is 2.94 bits per heavy atom. The largest absolute Gasteiger partial charge is 0.353 e. The molecule has 4 nitrogen and oxygen atoms in total. The minimum Gasteiger partial charge on any atom is -0.353 e. The van der Waals surface area contributed by atoms with Gasteiger partial charge in [0.2, 0.25) is 0 Å². The number of rotatable bonds is 4. The quantitative estimate of drug-likeness (QED) is 0.778. The van der Waals surface area contributed by atoms with Crippen LogP contribution in [-0.2, 0) is 9.47 Å². The predicted molar refractivity (Wildman–Crippen MR) is 63.2 cm³/mol. The van der Waals surface area contributed by atoms with Crippen molar-refractivity contribution in [1.29, 1.82) is 0 Å². The van der Waals surface area contributed by atoms with Crippen LogP contribution in [0.25, 0.3) is 0 Å². The molecule has 2 atom stereocenters. The van der Waals surface area contributed by atoms with Gasteiger partial charge >= 0.3 is 0 Å². The first-order valence-corrected chi connectivity index (χ1v) is 6.56. The van der Waals surface area contributed by atoms with E-state index in [2.05, 4.69) is 4.90 Å². The summed E-state index contributed by atoms with van der Waals surface area (Å²) in [6, 6.07) is 0.361. The van der Waals surface area contributed by atoms with Crippen molar-refractivity contribution in [3.63, 3.8) is 0 Å². The number of nitrogens with two attached hydrogens (primary N) is 1. The molecule has 0 amide bonds. The second kappa shape index (κ2) is 6.55. The second-order valence-electron chi connectivity index (χ2n) is 4.87. The zero-order valence-electron chi connectivity index (χ0n) is 10.1. The van der Waals surface area contributed by atoms with Gasteiger partial charge in [-0.15, -0.1) is 0 Å². The highest BCUT2D eigenvalue weighted by atomic mass is 16.7. The molecule has 2 unspecified atom stereocenters. The van der Waals surface area contributed by atoms with Crippen LogP contribution in [0.1, 0.15) is 32.1 Å². The van der Waals surface area contributed by atoms with Crippen LogP contribution in [0.5, 0.6) is 0 Å². The Morgan fingerprint density at radius 1 is 1.25 bits per heavy atom. The lowest BCUT2D eigenvalue weighted by molar-refractivity contribution is -0.164. The van der Waals surface area contributed by atoms with Crippen LogP contribution in [0.3, 0.4) is 0 Å². The van der Waals surface area contributed by atoms with Crippen molar-refractivity contribution in [3.05, 3.63) is 0 Å².